The quantitative estimate of drug-likeness (QED) is 0.597. The third-order valence-electron chi connectivity index (χ3n) is 2.41. The van der Waals surface area contributed by atoms with Gasteiger partial charge >= 0.3 is 0 Å². The molecule has 2 heteroatoms. The van der Waals surface area contributed by atoms with Crippen LogP contribution in [0.1, 0.15) is 21.5 Å². The lowest BCUT2D eigenvalue weighted by Gasteiger charge is -2.23. The maximum absolute atomic E-state index is 11.6. The minimum absolute atomic E-state index is 0.240. The zero-order valence-electron chi connectivity index (χ0n) is 8.00. The molecule has 0 fully saturated rings. The van der Waals surface area contributed by atoms with E-state index in [-0.39, 0.29) is 5.78 Å². The van der Waals surface area contributed by atoms with Crippen molar-refractivity contribution in [2.75, 3.05) is 13.6 Å². The summed E-state index contributed by atoms with van der Waals surface area (Å²) in [5.74, 6) is 0.240. The lowest BCUT2D eigenvalue weighted by atomic mass is 9.97. The van der Waals surface area contributed by atoms with Gasteiger partial charge in [-0.3, -0.25) is 9.69 Å². The number of fused-ring (bicyclic) bond motifs is 1. The second-order valence-corrected chi connectivity index (χ2v) is 3.76. The molecule has 0 aromatic heterocycles. The molecule has 0 unspecified atom stereocenters. The van der Waals surface area contributed by atoms with Gasteiger partial charge in [0.2, 0.25) is 0 Å². The molecule has 13 heavy (non-hydrogen) atoms. The third kappa shape index (κ3) is 1.49. The predicted octanol–water partition coefficient (Wildman–Crippen LogP) is 1.62. The van der Waals surface area contributed by atoms with Crippen LogP contribution >= 0.6 is 0 Å². The van der Waals surface area contributed by atoms with E-state index in [1.54, 1.807) is 0 Å². The molecule has 1 aromatic rings. The number of ketones is 1. The molecule has 0 bridgehead atoms. The molecule has 0 radical (unpaired) electrons. The second-order valence-electron chi connectivity index (χ2n) is 3.76. The van der Waals surface area contributed by atoms with Gasteiger partial charge in [-0.05, 0) is 19.5 Å². The van der Waals surface area contributed by atoms with Crippen LogP contribution in [-0.4, -0.2) is 24.3 Å². The fraction of sp³-hybridized carbons (Fsp3) is 0.364. The number of aryl methyl sites for hydroxylation is 1. The largest absolute Gasteiger partial charge is 0.295 e. The molecule has 1 aromatic carbocycles. The SMILES string of the molecule is Cc1ccc2c(c1)CN(C)CC2=O. The van der Waals surface area contributed by atoms with Crippen LogP contribution in [0.25, 0.3) is 0 Å². The minimum atomic E-state index is 0.240. The van der Waals surface area contributed by atoms with Crippen LogP contribution in [0.2, 0.25) is 0 Å². The minimum Gasteiger partial charge on any atom is -0.295 e. The Morgan fingerprint density at radius 3 is 2.85 bits per heavy atom. The number of benzene rings is 1. The summed E-state index contributed by atoms with van der Waals surface area (Å²) >= 11 is 0. The van der Waals surface area contributed by atoms with E-state index < -0.39 is 0 Å². The maximum atomic E-state index is 11.6. The topological polar surface area (TPSA) is 20.3 Å². The van der Waals surface area contributed by atoms with Crippen molar-refractivity contribution in [2.45, 2.75) is 13.5 Å². The molecule has 1 heterocycles. The van der Waals surface area contributed by atoms with Crippen molar-refractivity contribution in [2.24, 2.45) is 0 Å². The first-order chi connectivity index (χ1) is 6.16. The number of nitrogens with zero attached hydrogens (tertiary/aromatic N) is 1. The van der Waals surface area contributed by atoms with E-state index in [0.29, 0.717) is 6.54 Å². The van der Waals surface area contributed by atoms with Crippen LogP contribution < -0.4 is 0 Å². The molecule has 1 aliphatic heterocycles. The summed E-state index contributed by atoms with van der Waals surface area (Å²) in [5.41, 5.74) is 3.30. The van der Waals surface area contributed by atoms with E-state index in [0.717, 1.165) is 12.1 Å². The summed E-state index contributed by atoms with van der Waals surface area (Å²) in [6.45, 7) is 3.50. The van der Waals surface area contributed by atoms with Gasteiger partial charge in [0, 0.05) is 12.1 Å². The van der Waals surface area contributed by atoms with Gasteiger partial charge in [0.25, 0.3) is 0 Å². The number of carbonyl (C=O) groups excluding carboxylic acids is 1. The van der Waals surface area contributed by atoms with Crippen LogP contribution in [-0.2, 0) is 6.54 Å². The van der Waals surface area contributed by atoms with Gasteiger partial charge in [-0.2, -0.15) is 0 Å². The summed E-state index contributed by atoms with van der Waals surface area (Å²) in [6, 6.07) is 6.05. The van der Waals surface area contributed by atoms with Crippen molar-refractivity contribution in [1.29, 1.82) is 0 Å². The lowest BCUT2D eigenvalue weighted by molar-refractivity contribution is 0.0923. The van der Waals surface area contributed by atoms with E-state index >= 15 is 0 Å². The number of hydrogen-bond acceptors (Lipinski definition) is 2. The van der Waals surface area contributed by atoms with Crippen molar-refractivity contribution < 1.29 is 4.79 Å². The predicted molar refractivity (Wildman–Crippen MR) is 51.8 cm³/mol. The summed E-state index contributed by atoms with van der Waals surface area (Å²) in [6.07, 6.45) is 0. The van der Waals surface area contributed by atoms with Crippen molar-refractivity contribution in [3.8, 4) is 0 Å². The highest BCUT2D eigenvalue weighted by atomic mass is 16.1. The van der Waals surface area contributed by atoms with Crippen molar-refractivity contribution in [1.82, 2.24) is 4.90 Å². The van der Waals surface area contributed by atoms with Crippen molar-refractivity contribution >= 4 is 5.78 Å². The molecule has 0 spiro atoms. The van der Waals surface area contributed by atoms with Crippen molar-refractivity contribution in [3.63, 3.8) is 0 Å². The van der Waals surface area contributed by atoms with E-state index in [1.165, 1.54) is 11.1 Å². The summed E-state index contributed by atoms with van der Waals surface area (Å²) in [4.78, 5) is 13.6. The first-order valence-corrected chi connectivity index (χ1v) is 4.48. The first-order valence-electron chi connectivity index (χ1n) is 4.48. The van der Waals surface area contributed by atoms with Gasteiger partial charge in [0.15, 0.2) is 5.78 Å². The Hall–Kier alpha value is -1.15. The zero-order valence-corrected chi connectivity index (χ0v) is 8.00. The van der Waals surface area contributed by atoms with Gasteiger partial charge < -0.3 is 0 Å². The number of Topliss-reactive ketones (excluding diaryl/α,β-unsaturated/α-hetero) is 1. The molecule has 2 rings (SSSR count). The van der Waals surface area contributed by atoms with Crippen molar-refractivity contribution in [3.05, 3.63) is 34.9 Å². The second kappa shape index (κ2) is 2.96. The summed E-state index contributed by atoms with van der Waals surface area (Å²) < 4.78 is 0. The Morgan fingerprint density at radius 2 is 2.08 bits per heavy atom. The number of hydrogen-bond donors (Lipinski definition) is 0. The summed E-state index contributed by atoms with van der Waals surface area (Å²) in [5, 5.41) is 0. The highest BCUT2D eigenvalue weighted by Crippen LogP contribution is 2.18. The molecule has 0 amide bonds. The van der Waals surface area contributed by atoms with E-state index in [4.69, 9.17) is 0 Å². The standard InChI is InChI=1S/C11H13NO/c1-8-3-4-10-9(5-8)6-12(2)7-11(10)13/h3-5H,6-7H2,1-2H3. The highest BCUT2D eigenvalue weighted by molar-refractivity contribution is 5.99. The third-order valence-corrected chi connectivity index (χ3v) is 2.41. The van der Waals surface area contributed by atoms with Gasteiger partial charge in [0.1, 0.15) is 0 Å². The Kier molecular flexibility index (Phi) is 1.93. The highest BCUT2D eigenvalue weighted by Gasteiger charge is 2.19. The Bertz CT molecular complexity index is 357. The molecule has 68 valence electrons. The molecule has 2 nitrogen and oxygen atoms in total. The van der Waals surface area contributed by atoms with E-state index in [9.17, 15) is 4.79 Å². The van der Waals surface area contributed by atoms with Crippen LogP contribution in [0.3, 0.4) is 0 Å². The summed E-state index contributed by atoms with van der Waals surface area (Å²) in [7, 11) is 1.98. The Balaban J connectivity index is 2.49. The number of likely N-dealkylation sites (N-methyl/N-ethyl adjacent to an activating group) is 1. The molecule has 1 aliphatic rings. The van der Waals surface area contributed by atoms with Gasteiger partial charge in [-0.1, -0.05) is 23.8 Å². The molecular weight excluding hydrogens is 162 g/mol. The maximum Gasteiger partial charge on any atom is 0.177 e. The average molecular weight is 175 g/mol. The normalized spacial score (nSPS) is 17.2. The van der Waals surface area contributed by atoms with Crippen LogP contribution in [0.4, 0.5) is 0 Å². The smallest absolute Gasteiger partial charge is 0.177 e. The van der Waals surface area contributed by atoms with Gasteiger partial charge in [-0.25, -0.2) is 0 Å². The van der Waals surface area contributed by atoms with Gasteiger partial charge in [0.05, 0.1) is 6.54 Å². The first kappa shape index (κ1) is 8.45. The fourth-order valence-electron chi connectivity index (χ4n) is 1.80. The molecule has 0 aliphatic carbocycles. The molecule has 0 N–H and O–H groups in total. The zero-order chi connectivity index (χ0) is 9.42. The van der Waals surface area contributed by atoms with Crippen LogP contribution in [0, 0.1) is 6.92 Å². The van der Waals surface area contributed by atoms with Crippen LogP contribution in [0.15, 0.2) is 18.2 Å². The van der Waals surface area contributed by atoms with Gasteiger partial charge in [-0.15, -0.1) is 0 Å². The fourth-order valence-corrected chi connectivity index (χ4v) is 1.80. The Morgan fingerprint density at radius 1 is 1.31 bits per heavy atom. The monoisotopic (exact) mass is 175 g/mol. The van der Waals surface area contributed by atoms with E-state index in [2.05, 4.69) is 13.0 Å². The molecular formula is C11H13NO. The molecule has 0 atom stereocenters. The Labute approximate surface area is 78.2 Å². The number of rotatable bonds is 0. The molecule has 0 saturated carbocycles. The number of carbonyl (C=O) groups is 1. The average Bonchev–Trinajstić information content (AvgIpc) is 2.02. The van der Waals surface area contributed by atoms with E-state index in [1.807, 2.05) is 24.1 Å². The van der Waals surface area contributed by atoms with Crippen LogP contribution in [0.5, 0.6) is 0 Å². The lowest BCUT2D eigenvalue weighted by Crippen LogP contribution is -2.31. The molecule has 0 saturated heterocycles.